The van der Waals surface area contributed by atoms with Crippen LogP contribution in [0, 0.1) is 0 Å². The van der Waals surface area contributed by atoms with Crippen LogP contribution in [-0.4, -0.2) is 23.6 Å². The number of hydrogen-bond acceptors (Lipinski definition) is 4. The maximum atomic E-state index is 12.2. The zero-order valence-corrected chi connectivity index (χ0v) is 12.7. The van der Waals surface area contributed by atoms with Gasteiger partial charge in [0.15, 0.2) is 0 Å². The zero-order chi connectivity index (χ0) is 16.5. The molecule has 0 saturated carbocycles. The number of amides is 2. The van der Waals surface area contributed by atoms with Crippen molar-refractivity contribution in [3.05, 3.63) is 48.0 Å². The average molecular weight is 316 g/mol. The monoisotopic (exact) mass is 316 g/mol. The molecule has 3 N–H and O–H groups in total. The summed E-state index contributed by atoms with van der Waals surface area (Å²) in [5.41, 5.74) is 4.60. The summed E-state index contributed by atoms with van der Waals surface area (Å²) in [5.74, 6) is -0.670. The summed E-state index contributed by atoms with van der Waals surface area (Å²) < 4.78 is 0. The van der Waals surface area contributed by atoms with E-state index in [1.165, 1.54) is 0 Å². The van der Waals surface area contributed by atoms with E-state index in [-0.39, 0.29) is 12.3 Å². The Morgan fingerprint density at radius 1 is 1.00 bits per heavy atom. The van der Waals surface area contributed by atoms with Crippen molar-refractivity contribution < 1.29 is 19.6 Å². The highest BCUT2D eigenvalue weighted by Crippen LogP contribution is 2.18. The molecule has 2 aromatic rings. The third-order valence-electron chi connectivity index (χ3n) is 3.47. The van der Waals surface area contributed by atoms with Crippen LogP contribution < -0.4 is 11.0 Å². The SMILES string of the molecule is O=C(CCCCCONC(=O)c1cccc2ccccc12)NO. The first-order valence-corrected chi connectivity index (χ1v) is 7.55. The molecule has 0 aliphatic carbocycles. The number of rotatable bonds is 8. The molecule has 2 rings (SSSR count). The molecule has 0 heterocycles. The van der Waals surface area contributed by atoms with Gasteiger partial charge in [-0.2, -0.15) is 0 Å². The standard InChI is InChI=1S/C17H20N2O4/c20-16(18-22)11-2-1-5-12-23-19-17(21)15-10-6-8-13-7-3-4-9-14(13)15/h3-4,6-10,22H,1-2,5,11-12H2,(H,18,20)(H,19,21). The van der Waals surface area contributed by atoms with Crippen molar-refractivity contribution in [3.8, 4) is 0 Å². The van der Waals surface area contributed by atoms with Crippen LogP contribution in [0.5, 0.6) is 0 Å². The van der Waals surface area contributed by atoms with Crippen molar-refractivity contribution >= 4 is 22.6 Å². The number of carbonyl (C=O) groups excluding carboxylic acids is 2. The molecule has 0 saturated heterocycles. The fourth-order valence-electron chi connectivity index (χ4n) is 2.29. The summed E-state index contributed by atoms with van der Waals surface area (Å²) in [4.78, 5) is 28.1. The van der Waals surface area contributed by atoms with Gasteiger partial charge in [-0.3, -0.25) is 19.6 Å². The summed E-state index contributed by atoms with van der Waals surface area (Å²) in [6.45, 7) is 0.372. The van der Waals surface area contributed by atoms with Crippen molar-refractivity contribution in [3.63, 3.8) is 0 Å². The van der Waals surface area contributed by atoms with Crippen LogP contribution in [0.4, 0.5) is 0 Å². The van der Waals surface area contributed by atoms with Crippen LogP contribution in [0.1, 0.15) is 36.0 Å². The van der Waals surface area contributed by atoms with Gasteiger partial charge >= 0.3 is 0 Å². The Kier molecular flexibility index (Phi) is 6.53. The summed E-state index contributed by atoms with van der Waals surface area (Å²) >= 11 is 0. The number of unbranched alkanes of at least 4 members (excludes halogenated alkanes) is 2. The average Bonchev–Trinajstić information content (AvgIpc) is 2.59. The van der Waals surface area contributed by atoms with Crippen LogP contribution in [0.2, 0.25) is 0 Å². The molecular weight excluding hydrogens is 296 g/mol. The van der Waals surface area contributed by atoms with Gasteiger partial charge < -0.3 is 0 Å². The predicted molar refractivity (Wildman–Crippen MR) is 85.8 cm³/mol. The van der Waals surface area contributed by atoms with Gasteiger partial charge in [0.1, 0.15) is 0 Å². The lowest BCUT2D eigenvalue weighted by molar-refractivity contribution is -0.129. The number of hydroxylamine groups is 2. The minimum absolute atomic E-state index is 0.276. The zero-order valence-electron chi connectivity index (χ0n) is 12.7. The van der Waals surface area contributed by atoms with E-state index < -0.39 is 5.91 Å². The van der Waals surface area contributed by atoms with Gasteiger partial charge in [0, 0.05) is 12.0 Å². The molecule has 6 heteroatoms. The molecule has 122 valence electrons. The van der Waals surface area contributed by atoms with E-state index in [2.05, 4.69) is 5.48 Å². The lowest BCUT2D eigenvalue weighted by atomic mass is 10.0. The third-order valence-corrected chi connectivity index (χ3v) is 3.47. The second-order valence-electron chi connectivity index (χ2n) is 5.15. The van der Waals surface area contributed by atoms with Crippen molar-refractivity contribution in [1.82, 2.24) is 11.0 Å². The lowest BCUT2D eigenvalue weighted by Gasteiger charge is -2.08. The largest absolute Gasteiger partial charge is 0.289 e. The maximum Gasteiger partial charge on any atom is 0.275 e. The second kappa shape index (κ2) is 8.87. The van der Waals surface area contributed by atoms with Gasteiger partial charge in [-0.1, -0.05) is 42.8 Å². The highest BCUT2D eigenvalue weighted by molar-refractivity contribution is 6.06. The van der Waals surface area contributed by atoms with Gasteiger partial charge in [0.2, 0.25) is 5.91 Å². The van der Waals surface area contributed by atoms with E-state index >= 15 is 0 Å². The molecule has 0 radical (unpaired) electrons. The molecule has 0 spiro atoms. The molecule has 0 fully saturated rings. The number of carbonyl (C=O) groups is 2. The Morgan fingerprint density at radius 3 is 2.61 bits per heavy atom. The highest BCUT2D eigenvalue weighted by Gasteiger charge is 2.09. The number of hydrogen-bond donors (Lipinski definition) is 3. The molecule has 23 heavy (non-hydrogen) atoms. The first kappa shape index (κ1) is 16.9. The Labute approximate surface area is 134 Å². The molecule has 0 bridgehead atoms. The molecular formula is C17H20N2O4. The number of fused-ring (bicyclic) bond motifs is 1. The molecule has 0 unspecified atom stereocenters. The normalized spacial score (nSPS) is 10.5. The molecule has 2 aromatic carbocycles. The Hall–Kier alpha value is -2.44. The van der Waals surface area contributed by atoms with Gasteiger partial charge in [-0.15, -0.1) is 0 Å². The minimum atomic E-state index is -0.393. The van der Waals surface area contributed by atoms with E-state index in [4.69, 9.17) is 10.0 Å². The molecule has 0 atom stereocenters. The summed E-state index contributed by atoms with van der Waals surface area (Å²) in [6.07, 6.45) is 2.43. The second-order valence-corrected chi connectivity index (χ2v) is 5.15. The van der Waals surface area contributed by atoms with E-state index in [0.717, 1.165) is 17.2 Å². The maximum absolute atomic E-state index is 12.2. The van der Waals surface area contributed by atoms with E-state index in [1.807, 2.05) is 36.4 Å². The summed E-state index contributed by atoms with van der Waals surface area (Å²) in [6, 6.07) is 13.2. The van der Waals surface area contributed by atoms with E-state index in [9.17, 15) is 9.59 Å². The fraction of sp³-hybridized carbons (Fsp3) is 0.294. The van der Waals surface area contributed by atoms with Crippen LogP contribution in [0.15, 0.2) is 42.5 Å². The van der Waals surface area contributed by atoms with Gasteiger partial charge in [-0.05, 0) is 29.7 Å². The Morgan fingerprint density at radius 2 is 1.78 bits per heavy atom. The lowest BCUT2D eigenvalue weighted by Crippen LogP contribution is -2.24. The van der Waals surface area contributed by atoms with Crippen molar-refractivity contribution in [1.29, 1.82) is 0 Å². The smallest absolute Gasteiger partial charge is 0.275 e. The van der Waals surface area contributed by atoms with E-state index in [1.54, 1.807) is 11.5 Å². The molecule has 6 nitrogen and oxygen atoms in total. The van der Waals surface area contributed by atoms with Crippen LogP contribution in [0.25, 0.3) is 10.8 Å². The van der Waals surface area contributed by atoms with Gasteiger partial charge in [-0.25, -0.2) is 11.0 Å². The first-order valence-electron chi connectivity index (χ1n) is 7.55. The Bertz CT molecular complexity index is 667. The van der Waals surface area contributed by atoms with Crippen molar-refractivity contribution in [2.24, 2.45) is 0 Å². The molecule has 0 aromatic heterocycles. The van der Waals surface area contributed by atoms with Crippen LogP contribution >= 0.6 is 0 Å². The molecule has 0 aliphatic rings. The number of benzene rings is 2. The van der Waals surface area contributed by atoms with Crippen molar-refractivity contribution in [2.45, 2.75) is 25.7 Å². The predicted octanol–water partition coefficient (Wildman–Crippen LogP) is 2.57. The molecule has 0 aliphatic heterocycles. The summed E-state index contributed by atoms with van der Waals surface area (Å²) in [5, 5.41) is 10.2. The third kappa shape index (κ3) is 5.05. The Balaban J connectivity index is 1.74. The molecule has 2 amide bonds. The fourth-order valence-corrected chi connectivity index (χ4v) is 2.29. The van der Waals surface area contributed by atoms with Gasteiger partial charge in [0.05, 0.1) is 6.61 Å². The van der Waals surface area contributed by atoms with Crippen LogP contribution in [0.3, 0.4) is 0 Å². The minimum Gasteiger partial charge on any atom is -0.289 e. The van der Waals surface area contributed by atoms with E-state index in [0.29, 0.717) is 25.0 Å². The quantitative estimate of drug-likeness (QED) is 0.397. The van der Waals surface area contributed by atoms with Gasteiger partial charge in [0.25, 0.3) is 5.91 Å². The summed E-state index contributed by atoms with van der Waals surface area (Å²) in [7, 11) is 0. The highest BCUT2D eigenvalue weighted by atomic mass is 16.6. The number of nitrogens with one attached hydrogen (secondary N) is 2. The first-order chi connectivity index (χ1) is 11.2. The topological polar surface area (TPSA) is 87.7 Å². The van der Waals surface area contributed by atoms with Crippen molar-refractivity contribution in [2.75, 3.05) is 6.61 Å². The van der Waals surface area contributed by atoms with Crippen LogP contribution in [-0.2, 0) is 9.63 Å².